The second-order valence-electron chi connectivity index (χ2n) is 17.9. The molecule has 0 saturated carbocycles. The highest BCUT2D eigenvalue weighted by Gasteiger charge is 2.43. The molecule has 0 spiro atoms. The maximum absolute atomic E-state index is 14.5. The van der Waals surface area contributed by atoms with Crippen LogP contribution in [0.4, 0.5) is 9.59 Å². The average Bonchev–Trinajstić information content (AvgIpc) is 4.14. The van der Waals surface area contributed by atoms with Crippen molar-refractivity contribution >= 4 is 35.8 Å². The Kier molecular flexibility index (Phi) is 18.2. The SMILES string of the molecule is CN[C@@H](C)C(=O)N[C@H](C(=O)N1CCC[C@H]1CN1C(=O)OC[C@@H]1Cc1ccccc1)[C@@H](C)OCCO[C@H](C)[C@H](NC(=O)[C@H](C)NC)C(=O)N1CCC[C@H]1CN1C(=O)OC[C@@H]1Cc1ccccc1. The number of cyclic esters (lactones) is 2. The fourth-order valence-corrected chi connectivity index (χ4v) is 9.22. The summed E-state index contributed by atoms with van der Waals surface area (Å²) in [5, 5.41) is 11.7. The molecule has 4 fully saturated rings. The molecule has 4 heterocycles. The van der Waals surface area contributed by atoms with Gasteiger partial charge in [-0.05, 0) is 91.4 Å². The predicted molar refractivity (Wildman–Crippen MR) is 245 cm³/mol. The van der Waals surface area contributed by atoms with Gasteiger partial charge in [-0.1, -0.05) is 60.7 Å². The molecule has 4 aliphatic rings. The summed E-state index contributed by atoms with van der Waals surface area (Å²) in [7, 11) is 3.32. The van der Waals surface area contributed by atoms with Crippen molar-refractivity contribution < 1.29 is 47.7 Å². The van der Waals surface area contributed by atoms with Gasteiger partial charge in [0.25, 0.3) is 0 Å². The number of ether oxygens (including phenoxy) is 4. The first-order valence-corrected chi connectivity index (χ1v) is 23.5. The Labute approximate surface area is 388 Å². The molecule has 4 N–H and O–H groups in total. The summed E-state index contributed by atoms with van der Waals surface area (Å²) in [5.41, 5.74) is 2.17. The molecule has 66 heavy (non-hydrogen) atoms. The van der Waals surface area contributed by atoms with Crippen molar-refractivity contribution in [3.63, 3.8) is 0 Å². The van der Waals surface area contributed by atoms with Crippen LogP contribution in [0.25, 0.3) is 0 Å². The lowest BCUT2D eigenvalue weighted by Crippen LogP contribution is -2.59. The summed E-state index contributed by atoms with van der Waals surface area (Å²) in [4.78, 5) is 88.4. The van der Waals surface area contributed by atoms with Crippen molar-refractivity contribution in [3.8, 4) is 0 Å². The Morgan fingerprint density at radius 2 is 0.985 bits per heavy atom. The molecule has 362 valence electrons. The average molecular weight is 919 g/mol. The molecule has 4 aliphatic heterocycles. The summed E-state index contributed by atoms with van der Waals surface area (Å²) in [6, 6.07) is 15.6. The molecule has 2 aromatic rings. The highest BCUT2D eigenvalue weighted by molar-refractivity contribution is 5.91. The molecule has 6 rings (SSSR count). The molecule has 18 heteroatoms. The predicted octanol–water partition coefficient (Wildman–Crippen LogP) is 2.09. The van der Waals surface area contributed by atoms with Crippen LogP contribution in [0, 0.1) is 0 Å². The molecule has 0 aromatic heterocycles. The van der Waals surface area contributed by atoms with E-state index in [-0.39, 0.29) is 74.2 Å². The van der Waals surface area contributed by atoms with Crippen molar-refractivity contribution in [3.05, 3.63) is 71.8 Å². The van der Waals surface area contributed by atoms with Gasteiger partial charge in [0.05, 0.1) is 49.6 Å². The van der Waals surface area contributed by atoms with Crippen LogP contribution in [0.3, 0.4) is 0 Å². The zero-order valence-electron chi connectivity index (χ0n) is 39.3. The van der Waals surface area contributed by atoms with Crippen molar-refractivity contribution in [1.82, 2.24) is 40.9 Å². The minimum atomic E-state index is -1.05. The van der Waals surface area contributed by atoms with Gasteiger partial charge in [0.15, 0.2) is 0 Å². The highest BCUT2D eigenvalue weighted by Crippen LogP contribution is 2.27. The quantitative estimate of drug-likeness (QED) is 0.119. The van der Waals surface area contributed by atoms with Gasteiger partial charge in [-0.3, -0.25) is 29.0 Å². The first kappa shape index (κ1) is 50.1. The largest absolute Gasteiger partial charge is 0.447 e. The van der Waals surface area contributed by atoms with Crippen molar-refractivity contribution in [2.24, 2.45) is 0 Å². The lowest BCUT2D eigenvalue weighted by molar-refractivity contribution is -0.144. The van der Waals surface area contributed by atoms with Crippen LogP contribution in [0.15, 0.2) is 60.7 Å². The third-order valence-corrected chi connectivity index (χ3v) is 13.5. The summed E-state index contributed by atoms with van der Waals surface area (Å²) >= 11 is 0. The summed E-state index contributed by atoms with van der Waals surface area (Å²) < 4.78 is 23.4. The maximum Gasteiger partial charge on any atom is 0.410 e. The molecule has 0 aliphatic carbocycles. The van der Waals surface area contributed by atoms with Gasteiger partial charge in [0.2, 0.25) is 23.6 Å². The van der Waals surface area contributed by atoms with E-state index in [0.717, 1.165) is 24.0 Å². The Balaban J connectivity index is 1.08. The number of benzene rings is 2. The standard InChI is InChI=1S/C48H70N8O10/c1-31(49-5)43(57)51-41(45(59)53-21-13-19-37(53)27-55-39(29-65-47(55)61)25-35-15-9-7-10-16-35)33(3)63-23-24-64-34(4)42(52-44(58)32(2)50-6)46(60)54-22-14-20-38(54)28-56-40(30-66-48(56)62)26-36-17-11-8-12-18-36/h7-12,15-18,31-34,37-42,49-50H,13-14,19-30H2,1-6H3,(H,51,57)(H,52,58)/t31-,32-,33+,34+,37-,38-,39-,40-,41-,42-/m0/s1. The number of carbonyl (C=O) groups excluding carboxylic acids is 6. The van der Waals surface area contributed by atoms with E-state index in [1.54, 1.807) is 61.4 Å². The van der Waals surface area contributed by atoms with Gasteiger partial charge >= 0.3 is 12.2 Å². The summed E-state index contributed by atoms with van der Waals surface area (Å²) in [5.74, 6) is -1.38. The van der Waals surface area contributed by atoms with E-state index in [1.807, 2.05) is 60.7 Å². The fraction of sp³-hybridized carbons (Fsp3) is 0.625. The van der Waals surface area contributed by atoms with Crippen molar-refractivity contribution in [1.29, 1.82) is 0 Å². The molecule has 4 saturated heterocycles. The van der Waals surface area contributed by atoms with Crippen LogP contribution >= 0.6 is 0 Å². The minimum absolute atomic E-state index is 0.00490. The molecule has 18 nitrogen and oxygen atoms in total. The molecular formula is C48H70N8O10. The zero-order valence-corrected chi connectivity index (χ0v) is 39.3. The van der Waals surface area contributed by atoms with E-state index in [0.29, 0.717) is 51.9 Å². The van der Waals surface area contributed by atoms with E-state index in [9.17, 15) is 28.8 Å². The second kappa shape index (κ2) is 23.9. The number of rotatable bonds is 23. The number of carbonyl (C=O) groups is 6. The number of nitrogens with one attached hydrogen (secondary N) is 4. The van der Waals surface area contributed by atoms with Crippen LogP contribution in [-0.4, -0.2) is 183 Å². The van der Waals surface area contributed by atoms with E-state index in [1.165, 1.54) is 0 Å². The van der Waals surface area contributed by atoms with Crippen LogP contribution in [-0.2, 0) is 51.0 Å². The van der Waals surface area contributed by atoms with Crippen LogP contribution in [0.2, 0.25) is 0 Å². The monoisotopic (exact) mass is 919 g/mol. The molecule has 0 unspecified atom stereocenters. The fourth-order valence-electron chi connectivity index (χ4n) is 9.22. The Morgan fingerprint density at radius 3 is 1.35 bits per heavy atom. The number of hydrogen-bond acceptors (Lipinski definition) is 12. The summed E-state index contributed by atoms with van der Waals surface area (Å²) in [6.45, 7) is 8.89. The molecule has 0 radical (unpaired) electrons. The number of nitrogens with zero attached hydrogens (tertiary/aromatic N) is 4. The van der Waals surface area contributed by atoms with Gasteiger partial charge < -0.3 is 50.0 Å². The van der Waals surface area contributed by atoms with Gasteiger partial charge in [-0.2, -0.15) is 0 Å². The first-order valence-electron chi connectivity index (χ1n) is 23.5. The van der Waals surface area contributed by atoms with Gasteiger partial charge in [0, 0.05) is 38.3 Å². The number of amides is 6. The van der Waals surface area contributed by atoms with Crippen LogP contribution in [0.5, 0.6) is 0 Å². The van der Waals surface area contributed by atoms with Gasteiger partial charge in [-0.15, -0.1) is 0 Å². The first-order chi connectivity index (χ1) is 31.8. The van der Waals surface area contributed by atoms with Gasteiger partial charge in [0.1, 0.15) is 25.3 Å². The highest BCUT2D eigenvalue weighted by atomic mass is 16.6. The van der Waals surface area contributed by atoms with Crippen LogP contribution in [0.1, 0.15) is 64.5 Å². The molecule has 2 aromatic carbocycles. The smallest absolute Gasteiger partial charge is 0.410 e. The topological polar surface area (TPSA) is 200 Å². The number of likely N-dealkylation sites (N-methyl/N-ethyl adjacent to an activating group) is 2. The normalized spacial score (nSPS) is 23.5. The molecule has 0 bridgehead atoms. The van der Waals surface area contributed by atoms with Gasteiger partial charge in [-0.25, -0.2) is 9.59 Å². The van der Waals surface area contributed by atoms with E-state index in [2.05, 4.69) is 21.3 Å². The molecule has 10 atom stereocenters. The Bertz CT molecular complexity index is 1810. The van der Waals surface area contributed by atoms with E-state index < -0.39 is 48.6 Å². The van der Waals surface area contributed by atoms with Crippen LogP contribution < -0.4 is 21.3 Å². The lowest BCUT2D eigenvalue weighted by Gasteiger charge is -2.35. The zero-order chi connectivity index (χ0) is 47.3. The van der Waals surface area contributed by atoms with E-state index >= 15 is 0 Å². The molecular weight excluding hydrogens is 849 g/mol. The number of likely N-dealkylation sites (tertiary alicyclic amines) is 2. The minimum Gasteiger partial charge on any atom is -0.447 e. The van der Waals surface area contributed by atoms with Crippen molar-refractivity contribution in [2.75, 3.05) is 66.7 Å². The third-order valence-electron chi connectivity index (χ3n) is 13.5. The number of hydrogen-bond donors (Lipinski definition) is 4. The third kappa shape index (κ3) is 12.8. The second-order valence-corrected chi connectivity index (χ2v) is 17.9. The molecule has 6 amide bonds. The lowest BCUT2D eigenvalue weighted by atomic mass is 10.0. The maximum atomic E-state index is 14.5. The summed E-state index contributed by atoms with van der Waals surface area (Å²) in [6.07, 6.45) is 1.68. The Morgan fingerprint density at radius 1 is 0.606 bits per heavy atom. The van der Waals surface area contributed by atoms with Crippen molar-refractivity contribution in [2.45, 2.75) is 127 Å². The van der Waals surface area contributed by atoms with E-state index in [4.69, 9.17) is 18.9 Å². The Hall–Kier alpha value is -5.30.